The van der Waals surface area contributed by atoms with Crippen LogP contribution in [0.4, 0.5) is 4.39 Å². The number of hydrogen-bond donors (Lipinski definition) is 0. The van der Waals surface area contributed by atoms with Crippen molar-refractivity contribution in [2.75, 3.05) is 0 Å². The molecular weight excluding hydrogens is 213 g/mol. The third-order valence-electron chi connectivity index (χ3n) is 2.90. The molecule has 0 atom stereocenters. The van der Waals surface area contributed by atoms with Crippen molar-refractivity contribution in [2.45, 2.75) is 26.7 Å². The van der Waals surface area contributed by atoms with E-state index in [2.05, 4.69) is 24.9 Å². The second kappa shape index (κ2) is 4.66. The Kier molecular flexibility index (Phi) is 3.23. The summed E-state index contributed by atoms with van der Waals surface area (Å²) in [5.74, 6) is 0.205. The SMILES string of the molecule is Cc1cc(F)ccc1-c1ncccc1C(C)C. The lowest BCUT2D eigenvalue weighted by Gasteiger charge is -2.13. The molecule has 0 saturated heterocycles. The van der Waals surface area contributed by atoms with Crippen LogP contribution in [0.2, 0.25) is 0 Å². The van der Waals surface area contributed by atoms with E-state index in [1.807, 2.05) is 13.0 Å². The Balaban J connectivity index is 2.60. The van der Waals surface area contributed by atoms with Gasteiger partial charge in [0.1, 0.15) is 5.82 Å². The molecule has 1 heterocycles. The number of hydrogen-bond acceptors (Lipinski definition) is 1. The molecule has 0 N–H and O–H groups in total. The Morgan fingerprint density at radius 3 is 2.59 bits per heavy atom. The van der Waals surface area contributed by atoms with Crippen molar-refractivity contribution in [3.63, 3.8) is 0 Å². The number of benzene rings is 1. The normalized spacial score (nSPS) is 10.9. The summed E-state index contributed by atoms with van der Waals surface area (Å²) in [6.07, 6.45) is 1.78. The lowest BCUT2D eigenvalue weighted by Crippen LogP contribution is -1.96. The zero-order valence-corrected chi connectivity index (χ0v) is 10.4. The van der Waals surface area contributed by atoms with Crippen LogP contribution in [0.3, 0.4) is 0 Å². The standard InChI is InChI=1S/C15H16FN/c1-10(2)13-5-4-8-17-15(13)14-7-6-12(16)9-11(14)3/h4-10H,1-3H3. The molecule has 0 aliphatic heterocycles. The third-order valence-corrected chi connectivity index (χ3v) is 2.90. The van der Waals surface area contributed by atoms with E-state index in [4.69, 9.17) is 0 Å². The van der Waals surface area contributed by atoms with Gasteiger partial charge in [0.05, 0.1) is 5.69 Å². The summed E-state index contributed by atoms with van der Waals surface area (Å²) in [6, 6.07) is 8.86. The first kappa shape index (κ1) is 11.8. The largest absolute Gasteiger partial charge is 0.256 e. The smallest absolute Gasteiger partial charge is 0.123 e. The maximum absolute atomic E-state index is 13.1. The summed E-state index contributed by atoms with van der Waals surface area (Å²) in [5.41, 5.74) is 4.09. The molecule has 1 aromatic heterocycles. The lowest BCUT2D eigenvalue weighted by molar-refractivity contribution is 0.627. The fourth-order valence-corrected chi connectivity index (χ4v) is 2.00. The van der Waals surface area contributed by atoms with Crippen LogP contribution in [0.15, 0.2) is 36.5 Å². The molecule has 0 spiro atoms. The molecule has 0 bridgehead atoms. The van der Waals surface area contributed by atoms with E-state index in [1.54, 1.807) is 18.3 Å². The highest BCUT2D eigenvalue weighted by Crippen LogP contribution is 2.29. The van der Waals surface area contributed by atoms with Crippen molar-refractivity contribution < 1.29 is 4.39 Å². The summed E-state index contributed by atoms with van der Waals surface area (Å²) in [6.45, 7) is 6.19. The monoisotopic (exact) mass is 229 g/mol. The molecule has 0 unspecified atom stereocenters. The van der Waals surface area contributed by atoms with Crippen molar-refractivity contribution in [1.82, 2.24) is 4.98 Å². The summed E-state index contributed by atoms with van der Waals surface area (Å²) in [5, 5.41) is 0. The van der Waals surface area contributed by atoms with E-state index < -0.39 is 0 Å². The molecule has 0 radical (unpaired) electrons. The first-order valence-electron chi connectivity index (χ1n) is 5.81. The Morgan fingerprint density at radius 1 is 1.18 bits per heavy atom. The number of aryl methyl sites for hydroxylation is 1. The van der Waals surface area contributed by atoms with E-state index >= 15 is 0 Å². The molecule has 1 aromatic carbocycles. The average Bonchev–Trinajstić information content (AvgIpc) is 2.29. The zero-order chi connectivity index (χ0) is 12.4. The topological polar surface area (TPSA) is 12.9 Å². The summed E-state index contributed by atoms with van der Waals surface area (Å²) < 4.78 is 13.1. The van der Waals surface area contributed by atoms with Crippen molar-refractivity contribution in [2.24, 2.45) is 0 Å². The van der Waals surface area contributed by atoms with E-state index in [1.165, 1.54) is 11.6 Å². The molecule has 0 aliphatic rings. The zero-order valence-electron chi connectivity index (χ0n) is 10.4. The Morgan fingerprint density at radius 2 is 1.94 bits per heavy atom. The van der Waals surface area contributed by atoms with Crippen LogP contribution in [-0.4, -0.2) is 4.98 Å². The van der Waals surface area contributed by atoms with Gasteiger partial charge < -0.3 is 0 Å². The lowest BCUT2D eigenvalue weighted by atomic mass is 9.95. The maximum Gasteiger partial charge on any atom is 0.123 e. The van der Waals surface area contributed by atoms with Gasteiger partial charge in [-0.2, -0.15) is 0 Å². The molecule has 0 fully saturated rings. The summed E-state index contributed by atoms with van der Waals surface area (Å²) in [4.78, 5) is 4.44. The summed E-state index contributed by atoms with van der Waals surface area (Å²) in [7, 11) is 0. The Labute approximate surface area is 101 Å². The highest BCUT2D eigenvalue weighted by molar-refractivity contribution is 5.67. The predicted molar refractivity (Wildman–Crippen MR) is 68.5 cm³/mol. The van der Waals surface area contributed by atoms with Crippen LogP contribution < -0.4 is 0 Å². The van der Waals surface area contributed by atoms with Gasteiger partial charge in [-0.1, -0.05) is 19.9 Å². The van der Waals surface area contributed by atoms with Crippen LogP contribution in [0.1, 0.15) is 30.9 Å². The minimum atomic E-state index is -0.201. The molecule has 17 heavy (non-hydrogen) atoms. The van der Waals surface area contributed by atoms with Gasteiger partial charge in [-0.05, 0) is 48.2 Å². The number of rotatable bonds is 2. The van der Waals surface area contributed by atoms with Crippen LogP contribution in [0.25, 0.3) is 11.3 Å². The number of pyridine rings is 1. The highest BCUT2D eigenvalue weighted by atomic mass is 19.1. The molecule has 0 amide bonds. The molecular formula is C15H16FN. The van der Waals surface area contributed by atoms with Gasteiger partial charge in [0.15, 0.2) is 0 Å². The Hall–Kier alpha value is -1.70. The van der Waals surface area contributed by atoms with Crippen LogP contribution in [-0.2, 0) is 0 Å². The first-order valence-corrected chi connectivity index (χ1v) is 5.81. The molecule has 1 nitrogen and oxygen atoms in total. The second-order valence-electron chi connectivity index (χ2n) is 4.56. The molecule has 2 rings (SSSR count). The third kappa shape index (κ3) is 2.36. The molecule has 0 aliphatic carbocycles. The quantitative estimate of drug-likeness (QED) is 0.747. The number of aromatic nitrogens is 1. The van der Waals surface area contributed by atoms with Crippen LogP contribution >= 0.6 is 0 Å². The van der Waals surface area contributed by atoms with Crippen molar-refractivity contribution in [1.29, 1.82) is 0 Å². The molecule has 88 valence electrons. The first-order chi connectivity index (χ1) is 8.09. The van der Waals surface area contributed by atoms with Gasteiger partial charge in [-0.3, -0.25) is 4.98 Å². The van der Waals surface area contributed by atoms with E-state index in [0.717, 1.165) is 16.8 Å². The van der Waals surface area contributed by atoms with Gasteiger partial charge in [0.25, 0.3) is 0 Å². The number of halogens is 1. The van der Waals surface area contributed by atoms with Crippen molar-refractivity contribution >= 4 is 0 Å². The van der Waals surface area contributed by atoms with E-state index in [0.29, 0.717) is 5.92 Å². The van der Waals surface area contributed by atoms with Gasteiger partial charge in [0, 0.05) is 11.8 Å². The van der Waals surface area contributed by atoms with E-state index in [9.17, 15) is 4.39 Å². The average molecular weight is 229 g/mol. The fraction of sp³-hybridized carbons (Fsp3) is 0.267. The van der Waals surface area contributed by atoms with Gasteiger partial charge >= 0.3 is 0 Å². The van der Waals surface area contributed by atoms with Gasteiger partial charge in [0.2, 0.25) is 0 Å². The predicted octanol–water partition coefficient (Wildman–Crippen LogP) is 4.32. The minimum absolute atomic E-state index is 0.201. The number of nitrogens with zero attached hydrogens (tertiary/aromatic N) is 1. The highest BCUT2D eigenvalue weighted by Gasteiger charge is 2.11. The molecule has 0 saturated carbocycles. The second-order valence-corrected chi connectivity index (χ2v) is 4.56. The summed E-state index contributed by atoms with van der Waals surface area (Å²) >= 11 is 0. The van der Waals surface area contributed by atoms with Crippen molar-refractivity contribution in [3.05, 3.63) is 53.5 Å². The Bertz CT molecular complexity index is 532. The minimum Gasteiger partial charge on any atom is -0.256 e. The molecule has 2 aromatic rings. The maximum atomic E-state index is 13.1. The van der Waals surface area contributed by atoms with Gasteiger partial charge in [-0.25, -0.2) is 4.39 Å². The molecule has 2 heteroatoms. The van der Waals surface area contributed by atoms with Gasteiger partial charge in [-0.15, -0.1) is 0 Å². The van der Waals surface area contributed by atoms with Crippen LogP contribution in [0, 0.1) is 12.7 Å². The van der Waals surface area contributed by atoms with Crippen molar-refractivity contribution in [3.8, 4) is 11.3 Å². The fourth-order valence-electron chi connectivity index (χ4n) is 2.00. The van der Waals surface area contributed by atoms with Crippen LogP contribution in [0.5, 0.6) is 0 Å². The van der Waals surface area contributed by atoms with E-state index in [-0.39, 0.29) is 5.82 Å².